The van der Waals surface area contributed by atoms with Crippen molar-refractivity contribution < 1.29 is 33.4 Å². The first-order valence-electron chi connectivity index (χ1n) is 19.7. The molecule has 2 aromatic heterocycles. The Morgan fingerprint density at radius 1 is 0.912 bits per heavy atom. The quantitative estimate of drug-likeness (QED) is 0.129. The summed E-state index contributed by atoms with van der Waals surface area (Å²) in [6.07, 6.45) is 5.98. The van der Waals surface area contributed by atoms with Crippen molar-refractivity contribution in [3.8, 4) is 33.6 Å². The minimum atomic E-state index is -0.694. The number of nitrogens with one attached hydrogen (secondary N) is 4. The maximum absolute atomic E-state index is 14.0. The summed E-state index contributed by atoms with van der Waals surface area (Å²) in [4.78, 5) is 70.8. The molecule has 4 amide bonds. The standard InChI is InChI=1S/C42H52N8O7/c1-7-14-49(35(51)20-45-41(53)55-5)24(4)38-43-18-33(46-38)25-9-12-31-28(15-25)21-57-22-29-16-26(10-13-32(29)31)34-19-44-39(47-34)37-27-8-11-30(17-27)50(37)40(52)36(23(2)3)48-42(54)56-6/h9-10,12-13,15-16,18-19,23-24,27,30,36-37H,7-8,11,14,17,20-22H2,1-6H3,(H,43,46)(H,44,47)(H,45,53)(H,48,54). The Hall–Kier alpha value is -5.70. The molecule has 3 aliphatic rings. The minimum Gasteiger partial charge on any atom is -0.453 e. The molecule has 0 spiro atoms. The van der Waals surface area contributed by atoms with E-state index < -0.39 is 18.2 Å². The number of ether oxygens (including phenoxy) is 3. The number of alkyl carbamates (subject to hydrolysis) is 2. The molecule has 1 aliphatic carbocycles. The molecule has 302 valence electrons. The predicted molar refractivity (Wildman–Crippen MR) is 211 cm³/mol. The first-order chi connectivity index (χ1) is 27.5. The van der Waals surface area contributed by atoms with Crippen molar-refractivity contribution in [2.75, 3.05) is 27.3 Å². The number of imidazole rings is 2. The van der Waals surface area contributed by atoms with Crippen LogP contribution in [0.25, 0.3) is 33.6 Å². The molecule has 1 saturated heterocycles. The van der Waals surface area contributed by atoms with E-state index in [-0.39, 0.29) is 42.4 Å². The predicted octanol–water partition coefficient (Wildman–Crippen LogP) is 6.25. The lowest BCUT2D eigenvalue weighted by Crippen LogP contribution is -2.54. The van der Waals surface area contributed by atoms with Gasteiger partial charge in [0.05, 0.1) is 63.3 Å². The Balaban J connectivity index is 1.09. The molecule has 2 aliphatic heterocycles. The van der Waals surface area contributed by atoms with Gasteiger partial charge >= 0.3 is 12.2 Å². The number of piperidine rings is 1. The van der Waals surface area contributed by atoms with Crippen LogP contribution in [0.4, 0.5) is 9.59 Å². The van der Waals surface area contributed by atoms with Crippen molar-refractivity contribution in [1.82, 2.24) is 40.4 Å². The van der Waals surface area contributed by atoms with E-state index in [0.29, 0.717) is 31.5 Å². The number of carbonyl (C=O) groups excluding carboxylic acids is 4. The summed E-state index contributed by atoms with van der Waals surface area (Å²) < 4.78 is 15.7. The number of aromatic amines is 2. The molecule has 2 bridgehead atoms. The van der Waals surface area contributed by atoms with Gasteiger partial charge < -0.3 is 44.6 Å². The van der Waals surface area contributed by atoms with Crippen LogP contribution in [-0.2, 0) is 37.0 Å². The number of rotatable bonds is 12. The van der Waals surface area contributed by atoms with Crippen LogP contribution >= 0.6 is 0 Å². The summed E-state index contributed by atoms with van der Waals surface area (Å²) in [5.74, 6) is 1.26. The average Bonchev–Trinajstić information content (AvgIpc) is 4.04. The van der Waals surface area contributed by atoms with Crippen molar-refractivity contribution in [3.63, 3.8) is 0 Å². The second kappa shape index (κ2) is 16.8. The fourth-order valence-electron chi connectivity index (χ4n) is 8.65. The van der Waals surface area contributed by atoms with E-state index in [1.165, 1.54) is 14.2 Å². The summed E-state index contributed by atoms with van der Waals surface area (Å²) in [5, 5.41) is 5.23. The molecule has 15 heteroatoms. The van der Waals surface area contributed by atoms with Crippen LogP contribution in [0.3, 0.4) is 0 Å². The Morgan fingerprint density at radius 2 is 1.56 bits per heavy atom. The largest absolute Gasteiger partial charge is 0.453 e. The summed E-state index contributed by atoms with van der Waals surface area (Å²) in [7, 11) is 2.56. The van der Waals surface area contributed by atoms with Crippen LogP contribution in [0.5, 0.6) is 0 Å². The fraction of sp³-hybridized carbons (Fsp3) is 0.476. The normalized spacial score (nSPS) is 19.3. The minimum absolute atomic E-state index is 0.103. The summed E-state index contributed by atoms with van der Waals surface area (Å²) in [6, 6.07) is 11.5. The molecule has 5 atom stereocenters. The van der Waals surface area contributed by atoms with E-state index >= 15 is 0 Å². The number of benzene rings is 2. The number of hydrogen-bond acceptors (Lipinski definition) is 9. The second-order valence-corrected chi connectivity index (χ2v) is 15.5. The van der Waals surface area contributed by atoms with Crippen LogP contribution in [-0.4, -0.2) is 93.1 Å². The van der Waals surface area contributed by atoms with E-state index in [0.717, 1.165) is 76.3 Å². The topological polar surface area (TPSA) is 184 Å². The Morgan fingerprint density at radius 3 is 2.19 bits per heavy atom. The summed E-state index contributed by atoms with van der Waals surface area (Å²) >= 11 is 0. The highest BCUT2D eigenvalue weighted by Crippen LogP contribution is 2.50. The zero-order valence-corrected chi connectivity index (χ0v) is 33.4. The lowest BCUT2D eigenvalue weighted by Gasteiger charge is -2.37. The van der Waals surface area contributed by atoms with Gasteiger partial charge in [-0.15, -0.1) is 0 Å². The highest BCUT2D eigenvalue weighted by Gasteiger charge is 2.51. The molecule has 57 heavy (non-hydrogen) atoms. The number of likely N-dealkylation sites (tertiary alicyclic amines) is 1. The summed E-state index contributed by atoms with van der Waals surface area (Å²) in [6.45, 7) is 8.97. The first kappa shape index (κ1) is 39.5. The molecule has 7 rings (SSSR count). The lowest BCUT2D eigenvalue weighted by atomic mass is 9.93. The van der Waals surface area contributed by atoms with Gasteiger partial charge in [0.1, 0.15) is 24.2 Å². The number of aromatic nitrogens is 4. The fourth-order valence-corrected chi connectivity index (χ4v) is 8.65. The Labute approximate surface area is 332 Å². The number of hydrogen-bond donors (Lipinski definition) is 4. The van der Waals surface area contributed by atoms with Crippen molar-refractivity contribution in [3.05, 3.63) is 71.6 Å². The first-order valence-corrected chi connectivity index (χ1v) is 19.7. The molecule has 2 aromatic carbocycles. The van der Waals surface area contributed by atoms with Crippen molar-refractivity contribution in [2.24, 2.45) is 11.8 Å². The lowest BCUT2D eigenvalue weighted by molar-refractivity contribution is -0.139. The van der Waals surface area contributed by atoms with Gasteiger partial charge in [-0.3, -0.25) is 9.59 Å². The highest BCUT2D eigenvalue weighted by atomic mass is 16.5. The van der Waals surface area contributed by atoms with E-state index in [1.807, 2.05) is 38.8 Å². The Bertz CT molecular complexity index is 2130. The number of fused-ring (bicyclic) bond motifs is 5. The third-order valence-electron chi connectivity index (χ3n) is 11.6. The van der Waals surface area contributed by atoms with E-state index in [1.54, 1.807) is 11.1 Å². The number of nitrogens with zero attached hydrogens (tertiary/aromatic N) is 4. The third kappa shape index (κ3) is 7.98. The van der Waals surface area contributed by atoms with Gasteiger partial charge in [-0.1, -0.05) is 45.0 Å². The van der Waals surface area contributed by atoms with Gasteiger partial charge in [-0.05, 0) is 90.0 Å². The van der Waals surface area contributed by atoms with E-state index in [4.69, 9.17) is 14.5 Å². The SMILES string of the molecule is CCCN(C(=O)CNC(=O)OC)C(C)c1ncc(-c2ccc3c(c2)COCc2cc(-c4cnc(C5C6CCC(C6)N5C(=O)C(NC(=O)OC)C(C)C)[nH]4)ccc2-3)[nH]1. The molecule has 4 heterocycles. The average molecular weight is 781 g/mol. The van der Waals surface area contributed by atoms with Crippen molar-refractivity contribution in [2.45, 2.75) is 90.8 Å². The molecule has 15 nitrogen and oxygen atoms in total. The molecule has 0 radical (unpaired) electrons. The maximum atomic E-state index is 14.0. The number of methoxy groups -OCH3 is 2. The van der Waals surface area contributed by atoms with Crippen LogP contribution in [0.1, 0.15) is 88.2 Å². The van der Waals surface area contributed by atoms with Gasteiger partial charge in [0.2, 0.25) is 11.8 Å². The van der Waals surface area contributed by atoms with Crippen LogP contribution < -0.4 is 10.6 Å². The van der Waals surface area contributed by atoms with Gasteiger partial charge in [-0.25, -0.2) is 19.6 Å². The maximum Gasteiger partial charge on any atom is 0.407 e. The molecular weight excluding hydrogens is 729 g/mol. The molecule has 4 aromatic rings. The van der Waals surface area contributed by atoms with Gasteiger partial charge in [0, 0.05) is 12.6 Å². The zero-order chi connectivity index (χ0) is 40.4. The van der Waals surface area contributed by atoms with Crippen molar-refractivity contribution >= 4 is 24.0 Å². The van der Waals surface area contributed by atoms with Gasteiger partial charge in [0.15, 0.2) is 0 Å². The van der Waals surface area contributed by atoms with Gasteiger partial charge in [-0.2, -0.15) is 0 Å². The third-order valence-corrected chi connectivity index (χ3v) is 11.6. The van der Waals surface area contributed by atoms with Crippen LogP contribution in [0.2, 0.25) is 0 Å². The molecule has 1 saturated carbocycles. The molecular formula is C42H52N8O7. The van der Waals surface area contributed by atoms with Crippen molar-refractivity contribution in [1.29, 1.82) is 0 Å². The van der Waals surface area contributed by atoms with E-state index in [2.05, 4.69) is 66.7 Å². The monoisotopic (exact) mass is 780 g/mol. The number of carbonyl (C=O) groups is 4. The van der Waals surface area contributed by atoms with Crippen LogP contribution in [0, 0.1) is 11.8 Å². The van der Waals surface area contributed by atoms with E-state index in [9.17, 15) is 19.2 Å². The summed E-state index contributed by atoms with van der Waals surface area (Å²) in [5.41, 5.74) is 7.88. The van der Waals surface area contributed by atoms with Crippen LogP contribution in [0.15, 0.2) is 48.8 Å². The smallest absolute Gasteiger partial charge is 0.407 e. The Kier molecular flexibility index (Phi) is 11.7. The number of amides is 4. The molecule has 5 unspecified atom stereocenters. The zero-order valence-electron chi connectivity index (χ0n) is 33.4. The second-order valence-electron chi connectivity index (χ2n) is 15.5. The highest BCUT2D eigenvalue weighted by molar-refractivity contribution is 5.87. The molecule has 4 N–H and O–H groups in total. The van der Waals surface area contributed by atoms with Gasteiger partial charge in [0.25, 0.3) is 0 Å². The number of H-pyrrole nitrogens is 2. The molecule has 2 fully saturated rings.